The summed E-state index contributed by atoms with van der Waals surface area (Å²) in [5, 5.41) is 19.1. The lowest BCUT2D eigenvalue weighted by molar-refractivity contribution is -0.129. The average Bonchev–Trinajstić information content (AvgIpc) is 3.57. The average molecular weight is 484 g/mol. The monoisotopic (exact) mass is 483 g/mol. The van der Waals surface area contributed by atoms with E-state index in [4.69, 9.17) is 0 Å². The molecule has 1 aliphatic carbocycles. The van der Waals surface area contributed by atoms with Crippen molar-refractivity contribution in [3.63, 3.8) is 0 Å². The molecule has 5 rings (SSSR count). The number of Topliss-reactive ketones (excluding diaryl/α,β-unsaturated/α-hetero) is 1. The van der Waals surface area contributed by atoms with Gasteiger partial charge in [-0.05, 0) is 23.6 Å². The maximum atomic E-state index is 15.1. The summed E-state index contributed by atoms with van der Waals surface area (Å²) in [6, 6.07) is 11.5. The number of rotatable bonds is 4. The Morgan fingerprint density at radius 1 is 1.25 bits per heavy atom. The molecule has 36 heavy (non-hydrogen) atoms. The fraction of sp³-hybridized carbons (Fsp3) is 0.192. The van der Waals surface area contributed by atoms with Crippen LogP contribution in [0, 0.1) is 17.2 Å². The molecule has 3 aromatic rings. The van der Waals surface area contributed by atoms with Crippen molar-refractivity contribution < 1.29 is 14.0 Å². The lowest BCUT2D eigenvalue weighted by Gasteiger charge is -2.29. The van der Waals surface area contributed by atoms with Gasteiger partial charge in [0, 0.05) is 30.4 Å². The summed E-state index contributed by atoms with van der Waals surface area (Å²) in [7, 11) is 0. The first-order chi connectivity index (χ1) is 17.5. The van der Waals surface area contributed by atoms with Crippen molar-refractivity contribution in [2.75, 3.05) is 13.1 Å². The molecular weight excluding hydrogens is 461 g/mol. The largest absolute Gasteiger partial charge is 0.359 e. The molecule has 2 aliphatic rings. The van der Waals surface area contributed by atoms with E-state index < -0.39 is 17.5 Å². The minimum Gasteiger partial charge on any atom is -0.359 e. The van der Waals surface area contributed by atoms with Crippen LogP contribution in [0.4, 0.5) is 4.39 Å². The second-order valence-corrected chi connectivity index (χ2v) is 8.51. The van der Waals surface area contributed by atoms with Gasteiger partial charge < -0.3 is 4.98 Å². The van der Waals surface area contributed by atoms with Crippen LogP contribution in [0.1, 0.15) is 29.3 Å². The molecule has 2 N–H and O–H groups in total. The van der Waals surface area contributed by atoms with E-state index in [2.05, 4.69) is 26.8 Å². The quantitative estimate of drug-likeness (QED) is 0.329. The van der Waals surface area contributed by atoms with Crippen LogP contribution < -0.4 is 16.0 Å². The Morgan fingerprint density at radius 3 is 2.72 bits per heavy atom. The maximum Gasteiger partial charge on any atom is 0.309 e. The maximum absolute atomic E-state index is 15.1. The molecule has 2 aromatic heterocycles. The van der Waals surface area contributed by atoms with Gasteiger partial charge in [0.2, 0.25) is 0 Å². The molecule has 1 saturated heterocycles. The van der Waals surface area contributed by atoms with Crippen LogP contribution in [0.3, 0.4) is 0 Å². The van der Waals surface area contributed by atoms with Crippen molar-refractivity contribution >= 4 is 28.8 Å². The van der Waals surface area contributed by atoms with E-state index in [0.717, 1.165) is 11.1 Å². The van der Waals surface area contributed by atoms with Crippen LogP contribution >= 0.6 is 0 Å². The van der Waals surface area contributed by atoms with Gasteiger partial charge in [0.05, 0.1) is 40.6 Å². The summed E-state index contributed by atoms with van der Waals surface area (Å²) in [6.45, 7) is 2.31. The first-order valence-corrected chi connectivity index (χ1v) is 11.4. The molecule has 0 spiro atoms. The molecule has 0 bridgehead atoms. The highest BCUT2D eigenvalue weighted by Gasteiger charge is 2.30. The predicted molar refractivity (Wildman–Crippen MR) is 129 cm³/mol. The SMILES string of the molecule is CC1C=CC(F)=c2c(C(=O)C(=O)N3CCC(=C(C#N)c4ccccc4)CN3)c[nH]c2=C1n1ccnn1. The van der Waals surface area contributed by atoms with Crippen LogP contribution in [0.2, 0.25) is 0 Å². The zero-order chi connectivity index (χ0) is 25.2. The summed E-state index contributed by atoms with van der Waals surface area (Å²) in [5.74, 6) is -2.50. The number of aromatic nitrogens is 4. The number of allylic oxidation sites excluding steroid dienone is 3. The fourth-order valence-electron chi connectivity index (χ4n) is 4.53. The number of halogens is 1. The molecule has 1 unspecified atom stereocenters. The number of hydrogen-bond donors (Lipinski definition) is 2. The Balaban J connectivity index is 1.44. The number of hydrazine groups is 1. The van der Waals surface area contributed by atoms with Crippen LogP contribution in [-0.4, -0.2) is 49.8 Å². The van der Waals surface area contributed by atoms with E-state index in [1.54, 1.807) is 12.3 Å². The third-order valence-electron chi connectivity index (χ3n) is 6.34. The molecular formula is C26H22FN7O2. The van der Waals surface area contributed by atoms with Crippen LogP contribution in [0.25, 0.3) is 17.1 Å². The Kier molecular flexibility index (Phi) is 6.14. The third kappa shape index (κ3) is 4.06. The topological polar surface area (TPSA) is 120 Å². The van der Waals surface area contributed by atoms with Crippen molar-refractivity contribution in [1.82, 2.24) is 30.4 Å². The normalized spacial score (nSPS) is 18.9. The predicted octanol–water partition coefficient (Wildman–Crippen LogP) is 1.44. The zero-order valence-corrected chi connectivity index (χ0v) is 19.4. The Bertz CT molecular complexity index is 1550. The van der Waals surface area contributed by atoms with Gasteiger partial charge in [0.25, 0.3) is 5.78 Å². The second kappa shape index (κ2) is 9.56. The van der Waals surface area contributed by atoms with E-state index in [1.807, 2.05) is 37.3 Å². The zero-order valence-electron chi connectivity index (χ0n) is 19.4. The number of aromatic amines is 1. The van der Waals surface area contributed by atoms with Gasteiger partial charge in [-0.1, -0.05) is 48.5 Å². The number of hydrogen-bond acceptors (Lipinski definition) is 6. The molecule has 180 valence electrons. The third-order valence-corrected chi connectivity index (χ3v) is 6.34. The standard InChI is InChI=1S/C26H22FN7O2/c1-16-7-8-21(27)22-20(15-29-23(22)24(16)33-12-10-30-32-33)25(35)26(36)34-11-9-18(14-31-34)19(13-28)17-5-3-2-4-6-17/h2-8,10,12,15-16,29,31H,9,11,14H2,1H3. The number of H-pyrrole nitrogens is 1. The minimum atomic E-state index is -0.841. The van der Waals surface area contributed by atoms with Gasteiger partial charge in [-0.25, -0.2) is 14.5 Å². The van der Waals surface area contributed by atoms with Crippen LogP contribution in [0.15, 0.2) is 66.6 Å². The van der Waals surface area contributed by atoms with Crippen molar-refractivity contribution in [2.45, 2.75) is 13.3 Å². The van der Waals surface area contributed by atoms with Crippen molar-refractivity contribution in [3.05, 3.63) is 88.3 Å². The van der Waals surface area contributed by atoms with Gasteiger partial charge in [-0.2, -0.15) is 5.26 Å². The van der Waals surface area contributed by atoms with Gasteiger partial charge in [-0.3, -0.25) is 14.6 Å². The fourth-order valence-corrected chi connectivity index (χ4v) is 4.53. The smallest absolute Gasteiger partial charge is 0.309 e. The van der Waals surface area contributed by atoms with Crippen molar-refractivity contribution in [1.29, 1.82) is 5.26 Å². The number of nitriles is 1. The summed E-state index contributed by atoms with van der Waals surface area (Å²) in [5.41, 5.74) is 5.68. The summed E-state index contributed by atoms with van der Waals surface area (Å²) in [6.07, 6.45) is 7.88. The molecule has 1 amide bonds. The lowest BCUT2D eigenvalue weighted by Crippen LogP contribution is -2.51. The number of nitrogens with zero attached hydrogens (tertiary/aromatic N) is 5. The van der Waals surface area contributed by atoms with E-state index in [0.29, 0.717) is 23.0 Å². The molecule has 9 nitrogen and oxygen atoms in total. The van der Waals surface area contributed by atoms with Gasteiger partial charge in [0.1, 0.15) is 5.83 Å². The van der Waals surface area contributed by atoms with E-state index in [1.165, 1.54) is 28.2 Å². The van der Waals surface area contributed by atoms with E-state index in [-0.39, 0.29) is 29.8 Å². The Hall–Kier alpha value is -4.62. The van der Waals surface area contributed by atoms with E-state index in [9.17, 15) is 14.9 Å². The van der Waals surface area contributed by atoms with E-state index >= 15 is 4.39 Å². The number of ketones is 1. The molecule has 0 saturated carbocycles. The number of nitrogens with one attached hydrogen (secondary N) is 2. The summed E-state index contributed by atoms with van der Waals surface area (Å²) >= 11 is 0. The molecule has 1 aromatic carbocycles. The summed E-state index contributed by atoms with van der Waals surface area (Å²) < 4.78 is 16.7. The van der Waals surface area contributed by atoms with Crippen molar-refractivity contribution in [3.8, 4) is 6.07 Å². The first kappa shape index (κ1) is 23.1. The second-order valence-electron chi connectivity index (χ2n) is 8.51. The Labute approximate surface area is 205 Å². The van der Waals surface area contributed by atoms with Gasteiger partial charge in [-0.15, -0.1) is 5.10 Å². The van der Waals surface area contributed by atoms with Crippen LogP contribution in [-0.2, 0) is 4.79 Å². The molecule has 3 heterocycles. The molecule has 0 radical (unpaired) electrons. The number of carbonyl (C=O) groups excluding carboxylic acids is 2. The molecule has 1 aliphatic heterocycles. The van der Waals surface area contributed by atoms with Gasteiger partial charge in [0.15, 0.2) is 0 Å². The number of benzene rings is 1. The molecule has 1 fully saturated rings. The van der Waals surface area contributed by atoms with Gasteiger partial charge >= 0.3 is 5.91 Å². The minimum absolute atomic E-state index is 0.0212. The summed E-state index contributed by atoms with van der Waals surface area (Å²) in [4.78, 5) is 29.3. The first-order valence-electron chi connectivity index (χ1n) is 11.4. The highest BCUT2D eigenvalue weighted by atomic mass is 19.1. The molecule has 10 heteroatoms. The number of amides is 1. The highest BCUT2D eigenvalue weighted by Crippen LogP contribution is 2.22. The lowest BCUT2D eigenvalue weighted by atomic mass is 9.97. The number of fused-ring (bicyclic) bond motifs is 1. The number of carbonyl (C=O) groups is 2. The Morgan fingerprint density at radius 2 is 2.06 bits per heavy atom. The van der Waals surface area contributed by atoms with Crippen molar-refractivity contribution in [2.24, 2.45) is 5.92 Å². The molecule has 1 atom stereocenters. The van der Waals surface area contributed by atoms with Crippen LogP contribution in [0.5, 0.6) is 0 Å². The highest BCUT2D eigenvalue weighted by molar-refractivity contribution is 6.42.